The Hall–Kier alpha value is -1.30. The second-order valence-corrected chi connectivity index (χ2v) is 5.34. The fraction of sp³-hybridized carbons (Fsp3) is 0.417. The Bertz CT molecular complexity index is 589. The SMILES string of the molecule is Cc1cnc(O)c2sc(CCC(F)(F)F)c(C)c12. The summed E-state index contributed by atoms with van der Waals surface area (Å²) in [5.74, 6) is -0.109. The van der Waals surface area contributed by atoms with E-state index >= 15 is 0 Å². The van der Waals surface area contributed by atoms with Crippen LogP contribution in [0, 0.1) is 13.8 Å². The van der Waals surface area contributed by atoms with E-state index in [0.29, 0.717) is 9.58 Å². The van der Waals surface area contributed by atoms with Crippen LogP contribution >= 0.6 is 11.3 Å². The van der Waals surface area contributed by atoms with Crippen molar-refractivity contribution in [2.75, 3.05) is 0 Å². The highest BCUT2D eigenvalue weighted by molar-refractivity contribution is 7.19. The topological polar surface area (TPSA) is 33.1 Å². The fourth-order valence-corrected chi connectivity index (χ4v) is 3.23. The molecule has 0 bridgehead atoms. The third-order valence-electron chi connectivity index (χ3n) is 2.86. The van der Waals surface area contributed by atoms with Gasteiger partial charge >= 0.3 is 6.18 Å². The number of rotatable bonds is 2. The van der Waals surface area contributed by atoms with Crippen LogP contribution in [0.2, 0.25) is 0 Å². The van der Waals surface area contributed by atoms with Crippen molar-refractivity contribution < 1.29 is 18.3 Å². The first kappa shape index (κ1) is 13.1. The van der Waals surface area contributed by atoms with Crippen molar-refractivity contribution in [2.24, 2.45) is 0 Å². The van der Waals surface area contributed by atoms with Gasteiger partial charge in [0.05, 0.1) is 4.70 Å². The first-order chi connectivity index (χ1) is 8.29. The van der Waals surface area contributed by atoms with Gasteiger partial charge in [0, 0.05) is 22.9 Å². The number of thiophene rings is 1. The minimum atomic E-state index is -4.15. The lowest BCUT2D eigenvalue weighted by Crippen LogP contribution is -2.08. The molecule has 0 aliphatic carbocycles. The van der Waals surface area contributed by atoms with E-state index in [4.69, 9.17) is 0 Å². The number of aromatic hydroxyl groups is 1. The highest BCUT2D eigenvalue weighted by Gasteiger charge is 2.27. The Morgan fingerprint density at radius 2 is 2.00 bits per heavy atom. The average molecular weight is 275 g/mol. The second kappa shape index (κ2) is 4.42. The molecule has 0 aliphatic rings. The maximum Gasteiger partial charge on any atom is 0.389 e. The van der Waals surface area contributed by atoms with Crippen molar-refractivity contribution in [1.82, 2.24) is 4.98 Å². The number of hydrogen-bond acceptors (Lipinski definition) is 3. The fourth-order valence-electron chi connectivity index (χ4n) is 1.97. The number of alkyl halides is 3. The summed E-state index contributed by atoms with van der Waals surface area (Å²) in [6, 6.07) is 0. The van der Waals surface area contributed by atoms with E-state index in [-0.39, 0.29) is 12.3 Å². The Kier molecular flexibility index (Phi) is 3.23. The smallest absolute Gasteiger partial charge is 0.389 e. The van der Waals surface area contributed by atoms with Gasteiger partial charge in [0.2, 0.25) is 5.88 Å². The van der Waals surface area contributed by atoms with Crippen molar-refractivity contribution in [3.8, 4) is 5.88 Å². The molecule has 0 aromatic carbocycles. The van der Waals surface area contributed by atoms with Crippen LogP contribution in [0.25, 0.3) is 10.1 Å². The summed E-state index contributed by atoms with van der Waals surface area (Å²) in [5, 5.41) is 10.5. The number of hydrogen-bond donors (Lipinski definition) is 1. The van der Waals surface area contributed by atoms with Gasteiger partial charge in [-0.15, -0.1) is 11.3 Å². The van der Waals surface area contributed by atoms with Gasteiger partial charge < -0.3 is 5.11 Å². The first-order valence-corrected chi connectivity index (χ1v) is 6.24. The van der Waals surface area contributed by atoms with Crippen LogP contribution in [0.1, 0.15) is 22.4 Å². The first-order valence-electron chi connectivity index (χ1n) is 5.43. The van der Waals surface area contributed by atoms with Crippen LogP contribution < -0.4 is 0 Å². The predicted molar refractivity (Wildman–Crippen MR) is 65.1 cm³/mol. The molecule has 6 heteroatoms. The molecule has 2 rings (SSSR count). The maximum atomic E-state index is 12.2. The van der Waals surface area contributed by atoms with Crippen LogP contribution in [0.15, 0.2) is 6.20 Å². The van der Waals surface area contributed by atoms with Crippen LogP contribution in [0.3, 0.4) is 0 Å². The molecule has 18 heavy (non-hydrogen) atoms. The normalized spacial score (nSPS) is 12.3. The van der Waals surface area contributed by atoms with Crippen molar-refractivity contribution in [3.05, 3.63) is 22.2 Å². The molecule has 0 aliphatic heterocycles. The van der Waals surface area contributed by atoms with E-state index in [1.165, 1.54) is 17.5 Å². The Labute approximate surface area is 106 Å². The van der Waals surface area contributed by atoms with Crippen molar-refractivity contribution >= 4 is 21.4 Å². The molecule has 0 atom stereocenters. The molecule has 98 valence electrons. The summed E-state index contributed by atoms with van der Waals surface area (Å²) in [5.41, 5.74) is 1.68. The predicted octanol–water partition coefficient (Wildman–Crippen LogP) is 4.11. The quantitative estimate of drug-likeness (QED) is 0.894. The molecular formula is C12H12F3NOS. The van der Waals surface area contributed by atoms with Gasteiger partial charge in [0.15, 0.2) is 0 Å². The van der Waals surface area contributed by atoms with E-state index in [2.05, 4.69) is 4.98 Å². The van der Waals surface area contributed by atoms with Gasteiger partial charge in [-0.3, -0.25) is 0 Å². The summed E-state index contributed by atoms with van der Waals surface area (Å²) in [6.07, 6.45) is -3.51. The third kappa shape index (κ3) is 2.43. The molecule has 0 unspecified atom stereocenters. The standard InChI is InChI=1S/C12H12F3NOS/c1-6-5-16-11(17)10-9(6)7(2)8(18-10)3-4-12(13,14)15/h5H,3-4H2,1-2H3,(H,16,17). The molecule has 0 saturated heterocycles. The highest BCUT2D eigenvalue weighted by Crippen LogP contribution is 2.38. The molecular weight excluding hydrogens is 263 g/mol. The van der Waals surface area contributed by atoms with Gasteiger partial charge in [-0.05, 0) is 31.4 Å². The highest BCUT2D eigenvalue weighted by atomic mass is 32.1. The van der Waals surface area contributed by atoms with E-state index < -0.39 is 12.6 Å². The molecule has 2 nitrogen and oxygen atoms in total. The van der Waals surface area contributed by atoms with Crippen LogP contribution in [-0.2, 0) is 6.42 Å². The molecule has 0 fully saturated rings. The van der Waals surface area contributed by atoms with Gasteiger partial charge in [0.25, 0.3) is 0 Å². The van der Waals surface area contributed by atoms with Crippen LogP contribution in [-0.4, -0.2) is 16.3 Å². The van der Waals surface area contributed by atoms with Crippen LogP contribution in [0.5, 0.6) is 5.88 Å². The van der Waals surface area contributed by atoms with Crippen molar-refractivity contribution in [2.45, 2.75) is 32.9 Å². The number of aromatic nitrogens is 1. The summed E-state index contributed by atoms with van der Waals surface area (Å²) in [7, 11) is 0. The number of aryl methyl sites for hydroxylation is 3. The largest absolute Gasteiger partial charge is 0.492 e. The van der Waals surface area contributed by atoms with E-state index in [9.17, 15) is 18.3 Å². The second-order valence-electron chi connectivity index (χ2n) is 4.23. The monoisotopic (exact) mass is 275 g/mol. The summed E-state index contributed by atoms with van der Waals surface area (Å²) >= 11 is 1.19. The zero-order valence-electron chi connectivity index (χ0n) is 9.93. The lowest BCUT2D eigenvalue weighted by atomic mass is 10.1. The molecule has 0 amide bonds. The van der Waals surface area contributed by atoms with E-state index in [0.717, 1.165) is 16.5 Å². The Balaban J connectivity index is 2.45. The third-order valence-corrected chi connectivity index (χ3v) is 4.21. The lowest BCUT2D eigenvalue weighted by molar-refractivity contribution is -0.133. The lowest BCUT2D eigenvalue weighted by Gasteiger charge is -2.05. The molecule has 2 aromatic heterocycles. The average Bonchev–Trinajstić information content (AvgIpc) is 2.59. The Morgan fingerprint density at radius 3 is 2.56 bits per heavy atom. The molecule has 0 radical (unpaired) electrons. The van der Waals surface area contributed by atoms with Crippen LogP contribution in [0.4, 0.5) is 13.2 Å². The van der Waals surface area contributed by atoms with Crippen molar-refractivity contribution in [1.29, 1.82) is 0 Å². The van der Waals surface area contributed by atoms with Crippen molar-refractivity contribution in [3.63, 3.8) is 0 Å². The van der Waals surface area contributed by atoms with Gasteiger partial charge in [-0.1, -0.05) is 0 Å². The summed E-state index contributed by atoms with van der Waals surface area (Å²) in [6.45, 7) is 3.62. The zero-order chi connectivity index (χ0) is 13.5. The molecule has 2 heterocycles. The molecule has 2 aromatic rings. The maximum absolute atomic E-state index is 12.2. The Morgan fingerprint density at radius 1 is 1.33 bits per heavy atom. The molecule has 0 saturated carbocycles. The molecule has 0 spiro atoms. The minimum absolute atomic E-state index is 0.0481. The number of fused-ring (bicyclic) bond motifs is 1. The number of nitrogens with zero attached hydrogens (tertiary/aromatic N) is 1. The van der Waals surface area contributed by atoms with Gasteiger partial charge in [-0.25, -0.2) is 4.98 Å². The zero-order valence-corrected chi connectivity index (χ0v) is 10.7. The van der Waals surface area contributed by atoms with E-state index in [1.54, 1.807) is 6.92 Å². The van der Waals surface area contributed by atoms with Gasteiger partial charge in [-0.2, -0.15) is 13.2 Å². The summed E-state index contributed by atoms with van der Waals surface area (Å²) in [4.78, 5) is 4.47. The number of pyridine rings is 1. The number of halogens is 3. The van der Waals surface area contributed by atoms with E-state index in [1.807, 2.05) is 6.92 Å². The molecule has 1 N–H and O–H groups in total. The summed E-state index contributed by atoms with van der Waals surface area (Å²) < 4.78 is 37.3. The minimum Gasteiger partial charge on any atom is -0.492 e. The van der Waals surface area contributed by atoms with Gasteiger partial charge in [0.1, 0.15) is 0 Å².